The summed E-state index contributed by atoms with van der Waals surface area (Å²) in [5.41, 5.74) is 1.54. The molecule has 0 atom stereocenters. The number of aromatic amines is 1. The molecular formula is C16H18ClFN4O. The minimum absolute atomic E-state index is 0.155. The number of likely N-dealkylation sites (tertiary alicyclic amines) is 1. The highest BCUT2D eigenvalue weighted by molar-refractivity contribution is 6.30. The zero-order valence-electron chi connectivity index (χ0n) is 12.6. The quantitative estimate of drug-likeness (QED) is 0.903. The van der Waals surface area contributed by atoms with Crippen molar-refractivity contribution in [2.45, 2.75) is 25.3 Å². The Morgan fingerprint density at radius 2 is 2.22 bits per heavy atom. The summed E-state index contributed by atoms with van der Waals surface area (Å²) in [4.78, 5) is 21.1. The molecule has 1 aromatic carbocycles. The van der Waals surface area contributed by atoms with Crippen LogP contribution in [-0.4, -0.2) is 34.0 Å². The van der Waals surface area contributed by atoms with Crippen molar-refractivity contribution in [3.8, 4) is 0 Å². The summed E-state index contributed by atoms with van der Waals surface area (Å²) < 4.78 is 13.7. The second-order valence-electron chi connectivity index (χ2n) is 5.66. The lowest BCUT2D eigenvalue weighted by atomic mass is 9.94. The van der Waals surface area contributed by atoms with Crippen molar-refractivity contribution in [1.29, 1.82) is 0 Å². The first-order valence-electron chi connectivity index (χ1n) is 7.58. The van der Waals surface area contributed by atoms with Crippen molar-refractivity contribution >= 4 is 17.6 Å². The zero-order valence-corrected chi connectivity index (χ0v) is 13.3. The molecule has 2 aromatic rings. The van der Waals surface area contributed by atoms with Crippen molar-refractivity contribution in [1.82, 2.24) is 20.2 Å². The van der Waals surface area contributed by atoms with Gasteiger partial charge in [-0.2, -0.15) is 0 Å². The van der Waals surface area contributed by atoms with Gasteiger partial charge in [-0.05, 0) is 25.0 Å². The van der Waals surface area contributed by atoms with Crippen LogP contribution in [0.3, 0.4) is 0 Å². The van der Waals surface area contributed by atoms with E-state index in [4.69, 9.17) is 11.6 Å². The second kappa shape index (κ2) is 7.00. The summed E-state index contributed by atoms with van der Waals surface area (Å²) in [5.74, 6) is 0.00557. The van der Waals surface area contributed by atoms with Gasteiger partial charge >= 0.3 is 6.03 Å². The van der Waals surface area contributed by atoms with Crippen molar-refractivity contribution in [2.75, 3.05) is 13.1 Å². The highest BCUT2D eigenvalue weighted by Gasteiger charge is 2.24. The standard InChI is InChI=1S/C16H18ClFN4O/c17-13-2-1-12(14(18)7-13)8-20-16(23)22-5-3-11(4-6-22)15-9-19-10-21-15/h1-2,7,9-11H,3-6,8H2,(H,19,21)(H,20,23). The molecule has 122 valence electrons. The Balaban J connectivity index is 1.50. The van der Waals surface area contributed by atoms with Crippen LogP contribution < -0.4 is 5.32 Å². The predicted molar refractivity (Wildman–Crippen MR) is 85.8 cm³/mol. The van der Waals surface area contributed by atoms with E-state index in [0.29, 0.717) is 29.6 Å². The molecule has 3 rings (SSSR count). The Kier molecular flexibility index (Phi) is 4.81. The number of carbonyl (C=O) groups excluding carboxylic acids is 1. The van der Waals surface area contributed by atoms with Crippen molar-refractivity contribution < 1.29 is 9.18 Å². The van der Waals surface area contributed by atoms with Gasteiger partial charge in [0.2, 0.25) is 0 Å². The number of imidazole rings is 1. The van der Waals surface area contributed by atoms with Gasteiger partial charge < -0.3 is 15.2 Å². The Labute approximate surface area is 138 Å². The van der Waals surface area contributed by atoms with Crippen LogP contribution in [0.4, 0.5) is 9.18 Å². The van der Waals surface area contributed by atoms with Crippen LogP contribution in [-0.2, 0) is 6.54 Å². The SMILES string of the molecule is O=C(NCc1ccc(Cl)cc1F)N1CCC(c2cnc[nH]2)CC1. The van der Waals surface area contributed by atoms with E-state index in [1.807, 2.05) is 6.20 Å². The molecular weight excluding hydrogens is 319 g/mol. The molecule has 1 aliphatic heterocycles. The molecule has 0 unspecified atom stereocenters. The van der Waals surface area contributed by atoms with Crippen LogP contribution in [0.15, 0.2) is 30.7 Å². The highest BCUT2D eigenvalue weighted by atomic mass is 35.5. The Hall–Kier alpha value is -2.08. The molecule has 1 aliphatic rings. The molecule has 23 heavy (non-hydrogen) atoms. The molecule has 0 bridgehead atoms. The molecule has 5 nitrogen and oxygen atoms in total. The number of benzene rings is 1. The minimum atomic E-state index is -0.407. The Morgan fingerprint density at radius 3 is 2.87 bits per heavy atom. The fourth-order valence-electron chi connectivity index (χ4n) is 2.83. The van der Waals surface area contributed by atoms with Gasteiger partial charge in [-0.15, -0.1) is 0 Å². The fraction of sp³-hybridized carbons (Fsp3) is 0.375. The lowest BCUT2D eigenvalue weighted by molar-refractivity contribution is 0.180. The number of amides is 2. The molecule has 1 aromatic heterocycles. The number of rotatable bonds is 3. The van der Waals surface area contributed by atoms with Crippen LogP contribution in [0.5, 0.6) is 0 Å². The summed E-state index contributed by atoms with van der Waals surface area (Å²) in [6, 6.07) is 4.28. The lowest BCUT2D eigenvalue weighted by Gasteiger charge is -2.31. The number of urea groups is 1. The first kappa shape index (κ1) is 15.8. The van der Waals surface area contributed by atoms with E-state index >= 15 is 0 Å². The molecule has 1 fully saturated rings. The molecule has 0 radical (unpaired) electrons. The average molecular weight is 337 g/mol. The normalized spacial score (nSPS) is 15.7. The number of nitrogens with zero attached hydrogens (tertiary/aromatic N) is 2. The van der Waals surface area contributed by atoms with E-state index in [1.54, 1.807) is 23.4 Å². The summed E-state index contributed by atoms with van der Waals surface area (Å²) in [6.07, 6.45) is 5.30. The maximum absolute atomic E-state index is 13.7. The van der Waals surface area contributed by atoms with E-state index in [-0.39, 0.29) is 12.6 Å². The summed E-state index contributed by atoms with van der Waals surface area (Å²) in [5, 5.41) is 3.11. The predicted octanol–water partition coefficient (Wildman–Crippen LogP) is 3.29. The largest absolute Gasteiger partial charge is 0.348 e. The maximum Gasteiger partial charge on any atom is 0.317 e. The molecule has 2 N–H and O–H groups in total. The molecule has 7 heteroatoms. The number of carbonyl (C=O) groups is 1. The van der Waals surface area contributed by atoms with Gasteiger partial charge in [0, 0.05) is 48.0 Å². The van der Waals surface area contributed by atoms with E-state index in [1.165, 1.54) is 6.07 Å². The highest BCUT2D eigenvalue weighted by Crippen LogP contribution is 2.26. The monoisotopic (exact) mass is 336 g/mol. The summed E-state index contributed by atoms with van der Waals surface area (Å²) in [7, 11) is 0. The third kappa shape index (κ3) is 3.82. The fourth-order valence-corrected chi connectivity index (χ4v) is 2.99. The van der Waals surface area contributed by atoms with E-state index in [0.717, 1.165) is 18.5 Å². The molecule has 0 saturated carbocycles. The Morgan fingerprint density at radius 1 is 1.43 bits per heavy atom. The summed E-state index contributed by atoms with van der Waals surface area (Å²) >= 11 is 5.71. The van der Waals surface area contributed by atoms with Gasteiger partial charge in [-0.25, -0.2) is 14.2 Å². The van der Waals surface area contributed by atoms with Crippen molar-refractivity contribution in [3.05, 3.63) is 52.8 Å². The maximum atomic E-state index is 13.7. The molecule has 0 spiro atoms. The number of aromatic nitrogens is 2. The van der Waals surface area contributed by atoms with Crippen LogP contribution in [0, 0.1) is 5.82 Å². The minimum Gasteiger partial charge on any atom is -0.348 e. The van der Waals surface area contributed by atoms with Gasteiger partial charge in [0.05, 0.1) is 6.33 Å². The number of piperidine rings is 1. The number of halogens is 2. The lowest BCUT2D eigenvalue weighted by Crippen LogP contribution is -2.43. The van der Waals surface area contributed by atoms with E-state index in [2.05, 4.69) is 15.3 Å². The van der Waals surface area contributed by atoms with Gasteiger partial charge in [-0.3, -0.25) is 0 Å². The molecule has 2 heterocycles. The van der Waals surface area contributed by atoms with Crippen LogP contribution in [0.2, 0.25) is 5.02 Å². The second-order valence-corrected chi connectivity index (χ2v) is 6.10. The number of hydrogen-bond acceptors (Lipinski definition) is 2. The summed E-state index contributed by atoms with van der Waals surface area (Å²) in [6.45, 7) is 1.51. The van der Waals surface area contributed by atoms with Crippen LogP contribution in [0.25, 0.3) is 0 Å². The van der Waals surface area contributed by atoms with Crippen LogP contribution in [0.1, 0.15) is 30.0 Å². The van der Waals surface area contributed by atoms with Crippen LogP contribution >= 0.6 is 11.6 Å². The zero-order chi connectivity index (χ0) is 16.2. The molecule has 1 saturated heterocycles. The van der Waals surface area contributed by atoms with E-state index in [9.17, 15) is 9.18 Å². The average Bonchev–Trinajstić information content (AvgIpc) is 3.08. The Bertz CT molecular complexity index is 669. The van der Waals surface area contributed by atoms with Gasteiger partial charge in [-0.1, -0.05) is 17.7 Å². The van der Waals surface area contributed by atoms with Gasteiger partial charge in [0.25, 0.3) is 0 Å². The van der Waals surface area contributed by atoms with E-state index < -0.39 is 5.82 Å². The van der Waals surface area contributed by atoms with Crippen molar-refractivity contribution in [2.24, 2.45) is 0 Å². The number of hydrogen-bond donors (Lipinski definition) is 2. The number of nitrogens with one attached hydrogen (secondary N) is 2. The van der Waals surface area contributed by atoms with Gasteiger partial charge in [0.1, 0.15) is 5.82 Å². The molecule has 0 aliphatic carbocycles. The topological polar surface area (TPSA) is 61.0 Å². The first-order chi connectivity index (χ1) is 11.1. The van der Waals surface area contributed by atoms with Crippen molar-refractivity contribution in [3.63, 3.8) is 0 Å². The number of H-pyrrole nitrogens is 1. The first-order valence-corrected chi connectivity index (χ1v) is 7.96. The smallest absolute Gasteiger partial charge is 0.317 e. The van der Waals surface area contributed by atoms with Gasteiger partial charge in [0.15, 0.2) is 0 Å². The third-order valence-electron chi connectivity index (χ3n) is 4.19. The molecule has 2 amide bonds. The third-order valence-corrected chi connectivity index (χ3v) is 4.42.